The average molecular weight is 421 g/mol. The van der Waals surface area contributed by atoms with Gasteiger partial charge in [-0.3, -0.25) is 14.5 Å². The summed E-state index contributed by atoms with van der Waals surface area (Å²) in [5, 5.41) is 0.936. The minimum absolute atomic E-state index is 0.0839. The largest absolute Gasteiger partial charge is 0.468 e. The number of hydrogen-bond acceptors (Lipinski definition) is 4. The summed E-state index contributed by atoms with van der Waals surface area (Å²) < 4.78 is 4.96. The van der Waals surface area contributed by atoms with E-state index in [0.717, 1.165) is 16.7 Å². The third-order valence-electron chi connectivity index (χ3n) is 4.99. The molecule has 2 aromatic carbocycles. The molecular formula is C21H22Cl2N2O3. The Kier molecular flexibility index (Phi) is 6.60. The van der Waals surface area contributed by atoms with Gasteiger partial charge in [0.05, 0.1) is 23.7 Å². The van der Waals surface area contributed by atoms with Crippen LogP contribution in [0.4, 0.5) is 0 Å². The molecule has 0 aliphatic carbocycles. The van der Waals surface area contributed by atoms with E-state index in [1.54, 1.807) is 24.1 Å². The number of fused-ring (bicyclic) bond motifs is 1. The number of benzene rings is 2. The molecule has 5 nitrogen and oxygen atoms in total. The number of halogens is 2. The molecule has 0 saturated carbocycles. The maximum atomic E-state index is 12.8. The second kappa shape index (κ2) is 8.95. The number of rotatable bonds is 5. The van der Waals surface area contributed by atoms with Crippen LogP contribution in [0, 0.1) is 0 Å². The smallest absolute Gasteiger partial charge is 0.323 e. The van der Waals surface area contributed by atoms with Crippen molar-refractivity contribution in [3.63, 3.8) is 0 Å². The van der Waals surface area contributed by atoms with Gasteiger partial charge >= 0.3 is 5.97 Å². The van der Waals surface area contributed by atoms with Crippen molar-refractivity contribution in [2.45, 2.75) is 25.6 Å². The summed E-state index contributed by atoms with van der Waals surface area (Å²) in [7, 11) is 3.11. The zero-order valence-corrected chi connectivity index (χ0v) is 17.3. The molecular weight excluding hydrogens is 399 g/mol. The Labute approximate surface area is 174 Å². The van der Waals surface area contributed by atoms with Crippen molar-refractivity contribution in [2.24, 2.45) is 0 Å². The number of nitrogens with zero attached hydrogens (tertiary/aromatic N) is 2. The van der Waals surface area contributed by atoms with E-state index < -0.39 is 6.04 Å². The van der Waals surface area contributed by atoms with Crippen molar-refractivity contribution in [3.05, 3.63) is 69.2 Å². The van der Waals surface area contributed by atoms with Crippen molar-refractivity contribution in [1.29, 1.82) is 0 Å². The molecule has 1 unspecified atom stereocenters. The molecule has 0 radical (unpaired) electrons. The van der Waals surface area contributed by atoms with Crippen molar-refractivity contribution in [3.8, 4) is 0 Å². The highest BCUT2D eigenvalue weighted by atomic mass is 35.5. The predicted octanol–water partition coefficient (Wildman–Crippen LogP) is 3.55. The van der Waals surface area contributed by atoms with Crippen LogP contribution in [-0.4, -0.2) is 48.4 Å². The van der Waals surface area contributed by atoms with Crippen molar-refractivity contribution in [2.75, 3.05) is 20.7 Å². The van der Waals surface area contributed by atoms with E-state index >= 15 is 0 Å². The van der Waals surface area contributed by atoms with Crippen LogP contribution >= 0.6 is 23.2 Å². The molecule has 0 aromatic heterocycles. The maximum Gasteiger partial charge on any atom is 0.323 e. The van der Waals surface area contributed by atoms with Crippen LogP contribution in [0.15, 0.2) is 42.5 Å². The van der Waals surface area contributed by atoms with E-state index in [2.05, 4.69) is 0 Å². The SMILES string of the molecule is COC(=O)C1Cc2ccccc2CN1CC(=O)N(C)Cc1ccc(Cl)c(Cl)c1. The highest BCUT2D eigenvalue weighted by molar-refractivity contribution is 6.42. The number of likely N-dealkylation sites (N-methyl/N-ethyl adjacent to an activating group) is 1. The van der Waals surface area contributed by atoms with Gasteiger partial charge in [-0.2, -0.15) is 0 Å². The molecule has 0 spiro atoms. The van der Waals surface area contributed by atoms with Crippen LogP contribution in [-0.2, 0) is 33.8 Å². The first-order chi connectivity index (χ1) is 13.4. The molecule has 28 heavy (non-hydrogen) atoms. The fraction of sp³-hybridized carbons (Fsp3) is 0.333. The predicted molar refractivity (Wildman–Crippen MR) is 109 cm³/mol. The molecule has 1 aliphatic rings. The van der Waals surface area contributed by atoms with Gasteiger partial charge < -0.3 is 9.64 Å². The molecule has 0 bridgehead atoms. The first-order valence-electron chi connectivity index (χ1n) is 8.95. The molecule has 1 heterocycles. The quantitative estimate of drug-likeness (QED) is 0.693. The number of esters is 1. The van der Waals surface area contributed by atoms with Gasteiger partial charge in [0.1, 0.15) is 6.04 Å². The Hall–Kier alpha value is -2.08. The highest BCUT2D eigenvalue weighted by Crippen LogP contribution is 2.25. The van der Waals surface area contributed by atoms with Crippen molar-refractivity contribution in [1.82, 2.24) is 9.80 Å². The lowest BCUT2D eigenvalue weighted by atomic mass is 9.94. The van der Waals surface area contributed by atoms with E-state index in [9.17, 15) is 9.59 Å². The normalized spacial score (nSPS) is 16.4. The monoisotopic (exact) mass is 420 g/mol. The lowest BCUT2D eigenvalue weighted by Crippen LogP contribution is -2.50. The summed E-state index contributed by atoms with van der Waals surface area (Å²) in [6.45, 7) is 1.07. The summed E-state index contributed by atoms with van der Waals surface area (Å²) >= 11 is 12.0. The Bertz CT molecular complexity index is 888. The van der Waals surface area contributed by atoms with Crippen molar-refractivity contribution >= 4 is 35.1 Å². The van der Waals surface area contributed by atoms with Gasteiger partial charge in [-0.15, -0.1) is 0 Å². The van der Waals surface area contributed by atoms with Gasteiger partial charge in [-0.1, -0.05) is 53.5 Å². The minimum atomic E-state index is -0.470. The van der Waals surface area contributed by atoms with Gasteiger partial charge in [0.25, 0.3) is 0 Å². The molecule has 0 saturated heterocycles. The number of amides is 1. The summed E-state index contributed by atoms with van der Waals surface area (Å²) in [4.78, 5) is 28.6. The zero-order valence-electron chi connectivity index (χ0n) is 15.8. The van der Waals surface area contributed by atoms with Crippen LogP contribution in [0.3, 0.4) is 0 Å². The first-order valence-corrected chi connectivity index (χ1v) is 9.71. The molecule has 3 rings (SSSR count). The summed E-state index contributed by atoms with van der Waals surface area (Å²) in [6.07, 6.45) is 0.534. The number of hydrogen-bond donors (Lipinski definition) is 0. The van der Waals surface area contributed by atoms with Crippen LogP contribution in [0.1, 0.15) is 16.7 Å². The van der Waals surface area contributed by atoms with E-state index in [4.69, 9.17) is 27.9 Å². The fourth-order valence-electron chi connectivity index (χ4n) is 3.41. The Morgan fingerprint density at radius 2 is 1.86 bits per heavy atom. The van der Waals surface area contributed by atoms with Gasteiger partial charge in [0.2, 0.25) is 5.91 Å². The second-order valence-corrected chi connectivity index (χ2v) is 7.73. The van der Waals surface area contributed by atoms with Crippen LogP contribution in [0.25, 0.3) is 0 Å². The third-order valence-corrected chi connectivity index (χ3v) is 5.73. The first kappa shape index (κ1) is 20.6. The van der Waals surface area contributed by atoms with Crippen LogP contribution in [0.5, 0.6) is 0 Å². The molecule has 0 fully saturated rings. The lowest BCUT2D eigenvalue weighted by Gasteiger charge is -2.35. The molecule has 1 amide bonds. The molecule has 0 N–H and O–H groups in total. The van der Waals surface area contributed by atoms with Crippen molar-refractivity contribution < 1.29 is 14.3 Å². The van der Waals surface area contributed by atoms with Gasteiger partial charge in [-0.25, -0.2) is 0 Å². The van der Waals surface area contributed by atoms with E-state index in [1.807, 2.05) is 35.2 Å². The van der Waals surface area contributed by atoms with E-state index in [0.29, 0.717) is 29.6 Å². The minimum Gasteiger partial charge on any atom is -0.468 e. The third kappa shape index (κ3) is 4.66. The number of carbonyl (C=O) groups is 2. The average Bonchev–Trinajstić information content (AvgIpc) is 2.69. The maximum absolute atomic E-state index is 12.8. The van der Waals surface area contributed by atoms with E-state index in [1.165, 1.54) is 7.11 Å². The standard InChI is InChI=1S/C21H22Cl2N2O3/c1-24(11-14-7-8-17(22)18(23)9-14)20(26)13-25-12-16-6-4-3-5-15(16)10-19(25)21(27)28-2/h3-9,19H,10-13H2,1-2H3. The van der Waals surface area contributed by atoms with Gasteiger partial charge in [0, 0.05) is 20.1 Å². The summed E-state index contributed by atoms with van der Waals surface area (Å²) in [5.74, 6) is -0.409. The number of methoxy groups -OCH3 is 1. The number of ether oxygens (including phenoxy) is 1. The summed E-state index contributed by atoms with van der Waals surface area (Å²) in [5.41, 5.74) is 3.13. The van der Waals surface area contributed by atoms with Crippen LogP contribution in [0.2, 0.25) is 10.0 Å². The molecule has 148 valence electrons. The second-order valence-electron chi connectivity index (χ2n) is 6.92. The van der Waals surface area contributed by atoms with E-state index in [-0.39, 0.29) is 18.4 Å². The Balaban J connectivity index is 1.71. The van der Waals surface area contributed by atoms with Gasteiger partial charge in [0.15, 0.2) is 0 Å². The number of carbonyl (C=O) groups excluding carboxylic acids is 2. The van der Waals surface area contributed by atoms with Crippen LogP contribution < -0.4 is 0 Å². The lowest BCUT2D eigenvalue weighted by molar-refractivity contribution is -0.149. The fourth-order valence-corrected chi connectivity index (χ4v) is 3.73. The highest BCUT2D eigenvalue weighted by Gasteiger charge is 2.33. The van der Waals surface area contributed by atoms with Gasteiger partial charge in [-0.05, 0) is 35.2 Å². The topological polar surface area (TPSA) is 49.9 Å². The zero-order chi connectivity index (χ0) is 20.3. The Morgan fingerprint density at radius 1 is 1.14 bits per heavy atom. The molecule has 1 aliphatic heterocycles. The molecule has 1 atom stereocenters. The molecule has 7 heteroatoms. The summed E-state index contributed by atoms with van der Waals surface area (Å²) in [6, 6.07) is 12.8. The Morgan fingerprint density at radius 3 is 2.54 bits per heavy atom. The molecule has 2 aromatic rings.